The molecule has 0 aliphatic rings. The first kappa shape index (κ1) is 16.1. The molecule has 0 fully saturated rings. The fourth-order valence-electron chi connectivity index (χ4n) is 1.51. The van der Waals surface area contributed by atoms with Crippen LogP contribution in [0.1, 0.15) is 23.2 Å². The predicted octanol–water partition coefficient (Wildman–Crippen LogP) is 2.62. The molecule has 0 saturated carbocycles. The van der Waals surface area contributed by atoms with Crippen molar-refractivity contribution in [2.24, 2.45) is 0 Å². The number of hydrogen-bond donors (Lipinski definition) is 1. The lowest BCUT2D eigenvalue weighted by Gasteiger charge is -2.06. The Labute approximate surface area is 122 Å². The smallest absolute Gasteiger partial charge is 0.251 e. The fourth-order valence-corrected chi connectivity index (χ4v) is 1.91. The molecular weight excluding hydrogens is 310 g/mol. The zero-order chi connectivity index (χ0) is 13.9. The maximum atomic E-state index is 11.8. The largest absolute Gasteiger partial charge is 0.382 e. The van der Waals surface area contributed by atoms with E-state index in [1.54, 1.807) is 13.2 Å². The van der Waals surface area contributed by atoms with E-state index in [0.717, 1.165) is 17.3 Å². The topological polar surface area (TPSA) is 47.6 Å². The number of ether oxygens (including phenoxy) is 2. The molecule has 0 spiro atoms. The summed E-state index contributed by atoms with van der Waals surface area (Å²) in [6.45, 7) is 2.62. The average molecular weight is 330 g/mol. The average Bonchev–Trinajstić information content (AvgIpc) is 2.41. The van der Waals surface area contributed by atoms with Crippen LogP contribution in [-0.4, -0.2) is 39.4 Å². The molecule has 0 aliphatic heterocycles. The first-order valence-corrected chi connectivity index (χ1v) is 7.14. The Balaban J connectivity index is 2.08. The van der Waals surface area contributed by atoms with Gasteiger partial charge >= 0.3 is 0 Å². The molecule has 0 saturated heterocycles. The zero-order valence-corrected chi connectivity index (χ0v) is 12.7. The van der Waals surface area contributed by atoms with Crippen LogP contribution in [0.5, 0.6) is 0 Å². The summed E-state index contributed by atoms with van der Waals surface area (Å²) in [4.78, 5) is 11.8. The van der Waals surface area contributed by atoms with Gasteiger partial charge in [-0.3, -0.25) is 4.79 Å². The Morgan fingerprint density at radius 1 is 1.26 bits per heavy atom. The van der Waals surface area contributed by atoms with Gasteiger partial charge < -0.3 is 14.8 Å². The number of benzene rings is 1. The van der Waals surface area contributed by atoms with Crippen LogP contribution in [0.25, 0.3) is 0 Å². The third kappa shape index (κ3) is 7.30. The molecule has 0 aliphatic carbocycles. The third-order valence-corrected chi connectivity index (χ3v) is 3.01. The molecule has 1 N–H and O–H groups in total. The minimum Gasteiger partial charge on any atom is -0.382 e. The molecule has 1 rings (SSSR count). The van der Waals surface area contributed by atoms with Crippen molar-refractivity contribution in [3.05, 3.63) is 34.3 Å². The summed E-state index contributed by atoms with van der Waals surface area (Å²) >= 11 is 3.35. The summed E-state index contributed by atoms with van der Waals surface area (Å²) in [5.41, 5.74) is 0.672. The van der Waals surface area contributed by atoms with Crippen molar-refractivity contribution in [3.63, 3.8) is 0 Å². The van der Waals surface area contributed by atoms with Crippen LogP contribution in [0, 0.1) is 0 Å². The number of methoxy groups -OCH3 is 1. The number of carbonyl (C=O) groups is 1. The van der Waals surface area contributed by atoms with Gasteiger partial charge in [0.15, 0.2) is 0 Å². The highest BCUT2D eigenvalue weighted by molar-refractivity contribution is 9.10. The van der Waals surface area contributed by atoms with E-state index in [1.165, 1.54) is 0 Å². The van der Waals surface area contributed by atoms with Crippen LogP contribution in [0.15, 0.2) is 28.7 Å². The van der Waals surface area contributed by atoms with Gasteiger partial charge in [0, 0.05) is 30.3 Å². The van der Waals surface area contributed by atoms with Gasteiger partial charge in [0.05, 0.1) is 13.2 Å². The van der Waals surface area contributed by atoms with Crippen LogP contribution in [-0.2, 0) is 9.47 Å². The van der Waals surface area contributed by atoms with Crippen molar-refractivity contribution in [1.29, 1.82) is 0 Å². The number of hydrogen-bond acceptors (Lipinski definition) is 3. The molecule has 0 heterocycles. The molecule has 0 radical (unpaired) electrons. The van der Waals surface area contributed by atoms with Gasteiger partial charge in [-0.05, 0) is 31.0 Å². The van der Waals surface area contributed by atoms with Crippen molar-refractivity contribution in [2.45, 2.75) is 12.8 Å². The number of nitrogens with one attached hydrogen (secondary N) is 1. The monoisotopic (exact) mass is 329 g/mol. The molecule has 19 heavy (non-hydrogen) atoms. The van der Waals surface area contributed by atoms with Crippen LogP contribution in [0.4, 0.5) is 0 Å². The van der Waals surface area contributed by atoms with E-state index < -0.39 is 0 Å². The van der Waals surface area contributed by atoms with Crippen LogP contribution in [0.2, 0.25) is 0 Å². The summed E-state index contributed by atoms with van der Waals surface area (Å²) in [6.07, 6.45) is 1.84. The first-order valence-electron chi connectivity index (χ1n) is 6.34. The lowest BCUT2D eigenvalue weighted by molar-refractivity contribution is 0.0686. The van der Waals surface area contributed by atoms with Crippen LogP contribution in [0.3, 0.4) is 0 Å². The number of carbonyl (C=O) groups excluding carboxylic acids is 1. The molecule has 0 bridgehead atoms. The van der Waals surface area contributed by atoms with E-state index in [9.17, 15) is 4.79 Å². The normalized spacial score (nSPS) is 10.4. The molecule has 1 amide bonds. The standard InChI is InChI=1S/C14H20BrNO3/c1-18-9-10-19-8-3-2-7-16-14(17)12-5-4-6-13(15)11-12/h4-6,11H,2-3,7-10H2,1H3,(H,16,17). The Kier molecular flexibility index (Phi) is 8.45. The van der Waals surface area contributed by atoms with Crippen molar-refractivity contribution in [2.75, 3.05) is 33.5 Å². The summed E-state index contributed by atoms with van der Waals surface area (Å²) in [5, 5.41) is 2.89. The van der Waals surface area contributed by atoms with Crippen LogP contribution < -0.4 is 5.32 Å². The molecule has 5 heteroatoms. The molecule has 4 nitrogen and oxygen atoms in total. The predicted molar refractivity (Wildman–Crippen MR) is 78.4 cm³/mol. The SMILES string of the molecule is COCCOCCCCNC(=O)c1cccc(Br)c1. The summed E-state index contributed by atoms with van der Waals surface area (Å²) in [5.74, 6) is -0.0402. The minimum absolute atomic E-state index is 0.0402. The molecular formula is C14H20BrNO3. The second kappa shape index (κ2) is 9.95. The van der Waals surface area contributed by atoms with Gasteiger partial charge in [-0.15, -0.1) is 0 Å². The number of amides is 1. The Hall–Kier alpha value is -0.910. The van der Waals surface area contributed by atoms with Gasteiger partial charge in [0.2, 0.25) is 0 Å². The maximum Gasteiger partial charge on any atom is 0.251 e. The molecule has 1 aromatic rings. The molecule has 106 valence electrons. The van der Waals surface area contributed by atoms with Gasteiger partial charge in [-0.2, -0.15) is 0 Å². The van der Waals surface area contributed by atoms with Crippen molar-refractivity contribution in [1.82, 2.24) is 5.32 Å². The highest BCUT2D eigenvalue weighted by atomic mass is 79.9. The number of unbranched alkanes of at least 4 members (excludes halogenated alkanes) is 1. The van der Waals surface area contributed by atoms with Crippen LogP contribution >= 0.6 is 15.9 Å². The minimum atomic E-state index is -0.0402. The highest BCUT2D eigenvalue weighted by Gasteiger charge is 2.04. The summed E-state index contributed by atoms with van der Waals surface area (Å²) in [7, 11) is 1.65. The lowest BCUT2D eigenvalue weighted by Crippen LogP contribution is -2.24. The molecule has 0 unspecified atom stereocenters. The number of rotatable bonds is 9. The van der Waals surface area contributed by atoms with E-state index in [4.69, 9.17) is 9.47 Å². The van der Waals surface area contributed by atoms with Crippen molar-refractivity contribution >= 4 is 21.8 Å². The second-order valence-corrected chi connectivity index (χ2v) is 4.99. The molecule has 0 aromatic heterocycles. The lowest BCUT2D eigenvalue weighted by atomic mass is 10.2. The van der Waals surface area contributed by atoms with Gasteiger partial charge in [0.1, 0.15) is 0 Å². The Bertz CT molecular complexity index is 385. The quantitative estimate of drug-likeness (QED) is 0.708. The maximum absolute atomic E-state index is 11.8. The van der Waals surface area contributed by atoms with E-state index in [0.29, 0.717) is 31.9 Å². The second-order valence-electron chi connectivity index (χ2n) is 4.08. The molecule has 1 aromatic carbocycles. The summed E-state index contributed by atoms with van der Waals surface area (Å²) in [6, 6.07) is 7.36. The van der Waals surface area contributed by atoms with E-state index in [2.05, 4.69) is 21.2 Å². The van der Waals surface area contributed by atoms with E-state index >= 15 is 0 Å². The Morgan fingerprint density at radius 2 is 2.11 bits per heavy atom. The van der Waals surface area contributed by atoms with E-state index in [-0.39, 0.29) is 5.91 Å². The zero-order valence-electron chi connectivity index (χ0n) is 11.2. The summed E-state index contributed by atoms with van der Waals surface area (Å²) < 4.78 is 11.1. The molecule has 0 atom stereocenters. The Morgan fingerprint density at radius 3 is 2.84 bits per heavy atom. The fraction of sp³-hybridized carbons (Fsp3) is 0.500. The highest BCUT2D eigenvalue weighted by Crippen LogP contribution is 2.11. The van der Waals surface area contributed by atoms with Gasteiger partial charge in [0.25, 0.3) is 5.91 Å². The first-order chi connectivity index (χ1) is 9.24. The van der Waals surface area contributed by atoms with Crippen molar-refractivity contribution < 1.29 is 14.3 Å². The van der Waals surface area contributed by atoms with Crippen molar-refractivity contribution in [3.8, 4) is 0 Å². The van der Waals surface area contributed by atoms with Gasteiger partial charge in [-0.25, -0.2) is 0 Å². The third-order valence-electron chi connectivity index (χ3n) is 2.52. The van der Waals surface area contributed by atoms with Gasteiger partial charge in [-0.1, -0.05) is 22.0 Å². The number of halogens is 1. The van der Waals surface area contributed by atoms with E-state index in [1.807, 2.05) is 18.2 Å².